The minimum atomic E-state index is -0.587. The molecule has 94 valence electrons. The molecule has 0 amide bonds. The Morgan fingerprint density at radius 3 is 2.88 bits per heavy atom. The van der Waals surface area contributed by atoms with Crippen molar-refractivity contribution >= 4 is 0 Å². The van der Waals surface area contributed by atoms with Crippen LogP contribution in [-0.4, -0.2) is 30.2 Å². The quantitative estimate of drug-likeness (QED) is 0.413. The van der Waals surface area contributed by atoms with Gasteiger partial charge in [0.1, 0.15) is 0 Å². The zero-order valence-corrected chi connectivity index (χ0v) is 10.4. The van der Waals surface area contributed by atoms with Gasteiger partial charge in [0.25, 0.3) is 0 Å². The summed E-state index contributed by atoms with van der Waals surface area (Å²) < 4.78 is 10.7. The van der Waals surface area contributed by atoms with Gasteiger partial charge >= 0.3 is 0 Å². The summed E-state index contributed by atoms with van der Waals surface area (Å²) in [6, 6.07) is 0. The monoisotopic (exact) mass is 228 g/mol. The molecule has 2 atom stereocenters. The van der Waals surface area contributed by atoms with E-state index in [0.29, 0.717) is 13.2 Å². The molecule has 1 rings (SSSR count). The lowest BCUT2D eigenvalue weighted by atomic mass is 9.87. The number of ether oxygens (including phenoxy) is 2. The van der Waals surface area contributed by atoms with Crippen LogP contribution in [0.15, 0.2) is 12.2 Å². The average molecular weight is 228 g/mol. The molecule has 0 aromatic carbocycles. The Morgan fingerprint density at radius 1 is 1.44 bits per heavy atom. The van der Waals surface area contributed by atoms with Crippen LogP contribution < -0.4 is 0 Å². The van der Waals surface area contributed by atoms with E-state index in [1.807, 2.05) is 19.9 Å². The molecule has 0 heterocycles. The summed E-state index contributed by atoms with van der Waals surface area (Å²) in [5.41, 5.74) is -0.587. The third kappa shape index (κ3) is 5.10. The fraction of sp³-hybridized carbons (Fsp3) is 0.846. The molecule has 1 aliphatic rings. The first-order chi connectivity index (χ1) is 7.66. The van der Waals surface area contributed by atoms with Crippen LogP contribution >= 0.6 is 0 Å². The van der Waals surface area contributed by atoms with E-state index in [9.17, 15) is 5.11 Å². The first-order valence-corrected chi connectivity index (χ1v) is 6.29. The molecule has 0 saturated heterocycles. The van der Waals surface area contributed by atoms with Crippen molar-refractivity contribution in [3.05, 3.63) is 12.2 Å². The third-order valence-corrected chi connectivity index (χ3v) is 2.92. The van der Waals surface area contributed by atoms with Gasteiger partial charge in [0.2, 0.25) is 0 Å². The van der Waals surface area contributed by atoms with Crippen LogP contribution in [0.3, 0.4) is 0 Å². The molecule has 0 fully saturated rings. The molecule has 3 nitrogen and oxygen atoms in total. The van der Waals surface area contributed by atoms with Crippen LogP contribution in [0.5, 0.6) is 0 Å². The zero-order valence-electron chi connectivity index (χ0n) is 10.4. The Kier molecular flexibility index (Phi) is 6.03. The molecule has 0 saturated carbocycles. The molecule has 0 radical (unpaired) electrons. The van der Waals surface area contributed by atoms with Crippen LogP contribution in [0, 0.1) is 0 Å². The van der Waals surface area contributed by atoms with Gasteiger partial charge in [-0.05, 0) is 46.0 Å². The van der Waals surface area contributed by atoms with Crippen molar-refractivity contribution < 1.29 is 14.6 Å². The highest BCUT2D eigenvalue weighted by Gasteiger charge is 2.24. The average Bonchev–Trinajstić information content (AvgIpc) is 2.26. The highest BCUT2D eigenvalue weighted by atomic mass is 16.7. The highest BCUT2D eigenvalue weighted by Crippen LogP contribution is 2.26. The Bertz CT molecular complexity index is 215. The van der Waals surface area contributed by atoms with Crippen molar-refractivity contribution in [1.29, 1.82) is 0 Å². The van der Waals surface area contributed by atoms with E-state index in [4.69, 9.17) is 9.47 Å². The molecule has 0 aromatic heterocycles. The minimum absolute atomic E-state index is 0.137. The summed E-state index contributed by atoms with van der Waals surface area (Å²) in [5, 5.41) is 10.2. The van der Waals surface area contributed by atoms with E-state index in [0.717, 1.165) is 32.1 Å². The zero-order chi connectivity index (χ0) is 11.9. The van der Waals surface area contributed by atoms with Gasteiger partial charge in [0.15, 0.2) is 6.29 Å². The predicted molar refractivity (Wildman–Crippen MR) is 64.2 cm³/mol. The van der Waals surface area contributed by atoms with Gasteiger partial charge in [-0.1, -0.05) is 12.2 Å². The second-order valence-corrected chi connectivity index (χ2v) is 4.40. The summed E-state index contributed by atoms with van der Waals surface area (Å²) in [6.07, 6.45) is 8.60. The van der Waals surface area contributed by atoms with Crippen molar-refractivity contribution in [1.82, 2.24) is 0 Å². The molecule has 0 spiro atoms. The van der Waals surface area contributed by atoms with Gasteiger partial charge in [-0.2, -0.15) is 0 Å². The standard InChI is InChI=1S/C13H24O3/c1-3-15-12(2)16-11-7-10-13(14)8-5-4-6-9-13/h5,8,12,14H,3-4,6-7,9-11H2,1-2H3. The second kappa shape index (κ2) is 7.05. The van der Waals surface area contributed by atoms with E-state index in [1.165, 1.54) is 0 Å². The second-order valence-electron chi connectivity index (χ2n) is 4.40. The van der Waals surface area contributed by atoms with E-state index in [1.54, 1.807) is 0 Å². The van der Waals surface area contributed by atoms with Crippen LogP contribution in [0.25, 0.3) is 0 Å². The minimum Gasteiger partial charge on any atom is -0.386 e. The predicted octanol–water partition coefficient (Wildman–Crippen LogP) is 2.64. The van der Waals surface area contributed by atoms with Crippen molar-refractivity contribution in [2.45, 2.75) is 57.8 Å². The first kappa shape index (κ1) is 13.7. The summed E-state index contributed by atoms with van der Waals surface area (Å²) >= 11 is 0. The Morgan fingerprint density at radius 2 is 2.25 bits per heavy atom. The SMILES string of the molecule is CCOC(C)OCCCC1(O)C=CCCC1. The van der Waals surface area contributed by atoms with Crippen molar-refractivity contribution in [2.75, 3.05) is 13.2 Å². The largest absolute Gasteiger partial charge is 0.386 e. The molecule has 0 aromatic rings. The maximum Gasteiger partial charge on any atom is 0.154 e. The topological polar surface area (TPSA) is 38.7 Å². The van der Waals surface area contributed by atoms with E-state index in [-0.39, 0.29) is 6.29 Å². The van der Waals surface area contributed by atoms with Crippen LogP contribution in [0.2, 0.25) is 0 Å². The van der Waals surface area contributed by atoms with E-state index >= 15 is 0 Å². The number of allylic oxidation sites excluding steroid dienone is 1. The van der Waals surface area contributed by atoms with Crippen molar-refractivity contribution in [3.8, 4) is 0 Å². The van der Waals surface area contributed by atoms with E-state index < -0.39 is 5.60 Å². The molecular weight excluding hydrogens is 204 g/mol. The highest BCUT2D eigenvalue weighted by molar-refractivity contribution is 5.04. The summed E-state index contributed by atoms with van der Waals surface area (Å²) in [5.74, 6) is 0. The normalized spacial score (nSPS) is 26.9. The summed E-state index contributed by atoms with van der Waals surface area (Å²) in [6.45, 7) is 5.18. The maximum atomic E-state index is 10.2. The van der Waals surface area contributed by atoms with Gasteiger partial charge < -0.3 is 14.6 Å². The van der Waals surface area contributed by atoms with Gasteiger partial charge in [-0.3, -0.25) is 0 Å². The van der Waals surface area contributed by atoms with Gasteiger partial charge in [-0.15, -0.1) is 0 Å². The Hall–Kier alpha value is -0.380. The van der Waals surface area contributed by atoms with Crippen LogP contribution in [0.1, 0.15) is 46.0 Å². The third-order valence-electron chi connectivity index (χ3n) is 2.92. The molecule has 3 heteroatoms. The smallest absolute Gasteiger partial charge is 0.154 e. The van der Waals surface area contributed by atoms with Gasteiger partial charge in [-0.25, -0.2) is 0 Å². The van der Waals surface area contributed by atoms with Gasteiger partial charge in [0.05, 0.1) is 5.60 Å². The Labute approximate surface area is 98.4 Å². The lowest BCUT2D eigenvalue weighted by Gasteiger charge is -2.27. The lowest BCUT2D eigenvalue weighted by molar-refractivity contribution is -0.129. The number of hydrogen-bond donors (Lipinski definition) is 1. The number of rotatable bonds is 7. The maximum absolute atomic E-state index is 10.2. The van der Waals surface area contributed by atoms with Gasteiger partial charge in [0, 0.05) is 13.2 Å². The number of hydrogen-bond acceptors (Lipinski definition) is 3. The molecule has 16 heavy (non-hydrogen) atoms. The molecule has 1 N–H and O–H groups in total. The van der Waals surface area contributed by atoms with Crippen molar-refractivity contribution in [3.63, 3.8) is 0 Å². The fourth-order valence-corrected chi connectivity index (χ4v) is 2.03. The van der Waals surface area contributed by atoms with E-state index in [2.05, 4.69) is 6.08 Å². The summed E-state index contributed by atoms with van der Waals surface area (Å²) in [4.78, 5) is 0. The summed E-state index contributed by atoms with van der Waals surface area (Å²) in [7, 11) is 0. The number of aliphatic hydroxyl groups is 1. The van der Waals surface area contributed by atoms with Crippen molar-refractivity contribution in [2.24, 2.45) is 0 Å². The molecule has 0 aliphatic heterocycles. The van der Waals surface area contributed by atoms with Crippen LogP contribution in [-0.2, 0) is 9.47 Å². The molecule has 2 unspecified atom stereocenters. The molecule has 1 aliphatic carbocycles. The molecular formula is C13H24O3. The molecule has 0 bridgehead atoms. The Balaban J connectivity index is 2.10. The first-order valence-electron chi connectivity index (χ1n) is 6.29. The lowest BCUT2D eigenvalue weighted by Crippen LogP contribution is -2.28. The fourth-order valence-electron chi connectivity index (χ4n) is 2.03. The van der Waals surface area contributed by atoms with Crippen LogP contribution in [0.4, 0.5) is 0 Å².